The van der Waals surface area contributed by atoms with Crippen LogP contribution in [-0.2, 0) is 6.61 Å². The number of benzene rings is 1. The molecule has 0 unspecified atom stereocenters. The van der Waals surface area contributed by atoms with E-state index < -0.39 is 0 Å². The Hall–Kier alpha value is -1.06. The molecule has 0 saturated carbocycles. The summed E-state index contributed by atoms with van der Waals surface area (Å²) in [7, 11) is 0. The van der Waals surface area contributed by atoms with Crippen molar-refractivity contribution in [3.05, 3.63) is 29.3 Å². The Balaban J connectivity index is 2.97. The largest absolute Gasteiger partial charge is 0.395 e. The van der Waals surface area contributed by atoms with Crippen molar-refractivity contribution >= 4 is 5.69 Å². The molecule has 1 aromatic carbocycles. The lowest BCUT2D eigenvalue weighted by atomic mass is 10.1. The third-order valence-electron chi connectivity index (χ3n) is 2.61. The van der Waals surface area contributed by atoms with Gasteiger partial charge < -0.3 is 15.1 Å². The van der Waals surface area contributed by atoms with Crippen LogP contribution in [0.15, 0.2) is 18.2 Å². The zero-order valence-electron chi connectivity index (χ0n) is 10.1. The molecular weight excluding hydrogens is 202 g/mol. The maximum absolute atomic E-state index is 9.34. The van der Waals surface area contributed by atoms with Crippen molar-refractivity contribution in [3.63, 3.8) is 0 Å². The molecule has 2 N–H and O–H groups in total. The summed E-state index contributed by atoms with van der Waals surface area (Å²) in [4.78, 5) is 2.12. The Morgan fingerprint density at radius 1 is 1.19 bits per heavy atom. The van der Waals surface area contributed by atoms with Crippen molar-refractivity contribution in [3.8, 4) is 0 Å². The maximum Gasteiger partial charge on any atom is 0.0702 e. The SMILES string of the molecule is CCCN(CCO)c1ccc(C)cc1CO. The summed E-state index contributed by atoms with van der Waals surface area (Å²) in [5, 5.41) is 18.4. The second-order valence-corrected chi connectivity index (χ2v) is 4.00. The minimum atomic E-state index is 0.0443. The fourth-order valence-corrected chi connectivity index (χ4v) is 1.89. The van der Waals surface area contributed by atoms with E-state index in [0.717, 1.165) is 29.8 Å². The van der Waals surface area contributed by atoms with Crippen molar-refractivity contribution in [2.75, 3.05) is 24.6 Å². The molecular formula is C13H21NO2. The fourth-order valence-electron chi connectivity index (χ4n) is 1.89. The van der Waals surface area contributed by atoms with E-state index in [-0.39, 0.29) is 13.2 Å². The van der Waals surface area contributed by atoms with E-state index in [1.807, 2.05) is 25.1 Å². The van der Waals surface area contributed by atoms with Crippen molar-refractivity contribution in [1.82, 2.24) is 0 Å². The van der Waals surface area contributed by atoms with Crippen LogP contribution in [0.1, 0.15) is 24.5 Å². The summed E-state index contributed by atoms with van der Waals surface area (Å²) in [6, 6.07) is 6.05. The van der Waals surface area contributed by atoms with E-state index in [0.29, 0.717) is 6.54 Å². The maximum atomic E-state index is 9.34. The second-order valence-electron chi connectivity index (χ2n) is 4.00. The lowest BCUT2D eigenvalue weighted by Gasteiger charge is -2.25. The van der Waals surface area contributed by atoms with Gasteiger partial charge in [-0.05, 0) is 19.4 Å². The Kier molecular flexibility index (Phi) is 5.29. The Bertz CT molecular complexity index is 320. The molecule has 1 rings (SSSR count). The summed E-state index contributed by atoms with van der Waals surface area (Å²) in [5.41, 5.74) is 3.11. The number of aliphatic hydroxyl groups excluding tert-OH is 2. The molecule has 0 bridgehead atoms. The van der Waals surface area contributed by atoms with E-state index in [1.54, 1.807) is 0 Å². The summed E-state index contributed by atoms with van der Waals surface area (Å²) < 4.78 is 0. The summed E-state index contributed by atoms with van der Waals surface area (Å²) in [6.45, 7) is 5.82. The normalized spacial score (nSPS) is 10.5. The first-order chi connectivity index (χ1) is 7.72. The number of hydrogen-bond acceptors (Lipinski definition) is 3. The number of aliphatic hydroxyl groups is 2. The van der Waals surface area contributed by atoms with Crippen molar-refractivity contribution in [1.29, 1.82) is 0 Å². The molecule has 0 saturated heterocycles. The van der Waals surface area contributed by atoms with Gasteiger partial charge in [0.1, 0.15) is 0 Å². The molecule has 90 valence electrons. The van der Waals surface area contributed by atoms with Crippen LogP contribution in [0.4, 0.5) is 5.69 Å². The third-order valence-corrected chi connectivity index (χ3v) is 2.61. The van der Waals surface area contributed by atoms with Crippen molar-refractivity contribution < 1.29 is 10.2 Å². The van der Waals surface area contributed by atoms with E-state index in [2.05, 4.69) is 11.8 Å². The van der Waals surface area contributed by atoms with E-state index in [1.165, 1.54) is 0 Å². The molecule has 1 aromatic rings. The smallest absolute Gasteiger partial charge is 0.0702 e. The van der Waals surface area contributed by atoms with E-state index in [4.69, 9.17) is 5.11 Å². The van der Waals surface area contributed by atoms with Crippen LogP contribution < -0.4 is 4.90 Å². The highest BCUT2D eigenvalue weighted by Crippen LogP contribution is 2.22. The Morgan fingerprint density at radius 3 is 2.50 bits per heavy atom. The molecule has 0 heterocycles. The van der Waals surface area contributed by atoms with Gasteiger partial charge in [0.05, 0.1) is 13.2 Å². The average molecular weight is 223 g/mol. The number of nitrogens with zero attached hydrogens (tertiary/aromatic N) is 1. The zero-order chi connectivity index (χ0) is 12.0. The molecule has 0 aliphatic rings. The molecule has 0 spiro atoms. The molecule has 0 aromatic heterocycles. The zero-order valence-corrected chi connectivity index (χ0v) is 10.1. The minimum Gasteiger partial charge on any atom is -0.395 e. The molecule has 3 nitrogen and oxygen atoms in total. The summed E-state index contributed by atoms with van der Waals surface area (Å²) in [5.74, 6) is 0. The molecule has 0 fully saturated rings. The van der Waals surface area contributed by atoms with Crippen LogP contribution in [0.5, 0.6) is 0 Å². The van der Waals surface area contributed by atoms with E-state index >= 15 is 0 Å². The molecule has 0 radical (unpaired) electrons. The number of aryl methyl sites for hydroxylation is 1. The number of anilines is 1. The molecule has 0 amide bonds. The lowest BCUT2D eigenvalue weighted by Crippen LogP contribution is -2.28. The molecule has 3 heteroatoms. The van der Waals surface area contributed by atoms with Gasteiger partial charge in [-0.15, -0.1) is 0 Å². The predicted octanol–water partition coefficient (Wildman–Crippen LogP) is 1.70. The van der Waals surface area contributed by atoms with E-state index in [9.17, 15) is 5.11 Å². The first-order valence-electron chi connectivity index (χ1n) is 5.79. The predicted molar refractivity (Wildman–Crippen MR) is 66.7 cm³/mol. The van der Waals surface area contributed by atoms with Crippen LogP contribution in [0.25, 0.3) is 0 Å². The van der Waals surface area contributed by atoms with Gasteiger partial charge in [-0.3, -0.25) is 0 Å². The monoisotopic (exact) mass is 223 g/mol. The van der Waals surface area contributed by atoms with Crippen LogP contribution in [0, 0.1) is 6.92 Å². The minimum absolute atomic E-state index is 0.0443. The molecule has 0 aliphatic carbocycles. The number of hydrogen-bond donors (Lipinski definition) is 2. The van der Waals surface area contributed by atoms with Crippen molar-refractivity contribution in [2.24, 2.45) is 0 Å². The Morgan fingerprint density at radius 2 is 1.94 bits per heavy atom. The van der Waals surface area contributed by atoms with Crippen LogP contribution in [0.3, 0.4) is 0 Å². The number of rotatable bonds is 6. The first-order valence-corrected chi connectivity index (χ1v) is 5.79. The van der Waals surface area contributed by atoms with Gasteiger partial charge in [-0.25, -0.2) is 0 Å². The van der Waals surface area contributed by atoms with Gasteiger partial charge in [0.25, 0.3) is 0 Å². The summed E-state index contributed by atoms with van der Waals surface area (Å²) in [6.07, 6.45) is 1.03. The highest BCUT2D eigenvalue weighted by atomic mass is 16.3. The highest BCUT2D eigenvalue weighted by Gasteiger charge is 2.09. The molecule has 0 atom stereocenters. The van der Waals surface area contributed by atoms with Gasteiger partial charge in [0.15, 0.2) is 0 Å². The third kappa shape index (κ3) is 3.22. The topological polar surface area (TPSA) is 43.7 Å². The van der Waals surface area contributed by atoms with Crippen LogP contribution >= 0.6 is 0 Å². The van der Waals surface area contributed by atoms with Crippen LogP contribution in [-0.4, -0.2) is 29.9 Å². The van der Waals surface area contributed by atoms with Gasteiger partial charge in [0, 0.05) is 24.3 Å². The van der Waals surface area contributed by atoms with Gasteiger partial charge in [-0.1, -0.05) is 24.6 Å². The van der Waals surface area contributed by atoms with Gasteiger partial charge in [-0.2, -0.15) is 0 Å². The molecule has 0 aliphatic heterocycles. The highest BCUT2D eigenvalue weighted by molar-refractivity contribution is 5.54. The Labute approximate surface area is 97.3 Å². The van der Waals surface area contributed by atoms with Crippen molar-refractivity contribution in [2.45, 2.75) is 26.9 Å². The molecule has 16 heavy (non-hydrogen) atoms. The van der Waals surface area contributed by atoms with Crippen LogP contribution in [0.2, 0.25) is 0 Å². The summed E-state index contributed by atoms with van der Waals surface area (Å²) >= 11 is 0. The lowest BCUT2D eigenvalue weighted by molar-refractivity contribution is 0.280. The first kappa shape index (κ1) is 13.0. The quantitative estimate of drug-likeness (QED) is 0.771. The van der Waals surface area contributed by atoms with Gasteiger partial charge >= 0.3 is 0 Å². The fraction of sp³-hybridized carbons (Fsp3) is 0.538. The second kappa shape index (κ2) is 6.51. The average Bonchev–Trinajstić information content (AvgIpc) is 2.28. The van der Waals surface area contributed by atoms with Gasteiger partial charge in [0.2, 0.25) is 0 Å². The standard InChI is InChI=1S/C13H21NO2/c1-3-6-14(7-8-15)13-5-4-11(2)9-12(13)10-16/h4-5,9,15-16H,3,6-8,10H2,1-2H3.